The van der Waals surface area contributed by atoms with Gasteiger partial charge in [-0.1, -0.05) is 23.9 Å². The molecule has 3 heterocycles. The van der Waals surface area contributed by atoms with E-state index in [9.17, 15) is 4.79 Å². The number of aromatic amines is 1. The van der Waals surface area contributed by atoms with Crippen molar-refractivity contribution in [2.75, 3.05) is 0 Å². The third kappa shape index (κ3) is 2.85. The summed E-state index contributed by atoms with van der Waals surface area (Å²) in [6.07, 6.45) is 1.60. The van der Waals surface area contributed by atoms with E-state index in [1.165, 1.54) is 11.8 Å². The fraction of sp³-hybridized carbons (Fsp3) is 0.176. The van der Waals surface area contributed by atoms with Gasteiger partial charge in [0.15, 0.2) is 16.7 Å². The molecule has 0 aliphatic heterocycles. The minimum absolute atomic E-state index is 0.0929. The minimum Gasteiger partial charge on any atom is -0.461 e. The minimum atomic E-state index is -0.137. The van der Waals surface area contributed by atoms with Crippen molar-refractivity contribution in [3.05, 3.63) is 58.8 Å². The third-order valence-electron chi connectivity index (χ3n) is 3.87. The van der Waals surface area contributed by atoms with Crippen LogP contribution in [0.15, 0.2) is 57.0 Å². The first-order chi connectivity index (χ1) is 12.1. The van der Waals surface area contributed by atoms with Crippen LogP contribution < -0.4 is 5.56 Å². The molecule has 4 rings (SSSR count). The van der Waals surface area contributed by atoms with Crippen LogP contribution in [0.25, 0.3) is 22.5 Å². The maximum Gasteiger partial charge on any atom is 0.258 e. The lowest BCUT2D eigenvalue weighted by atomic mass is 10.2. The fourth-order valence-electron chi connectivity index (χ4n) is 2.55. The van der Waals surface area contributed by atoms with Crippen molar-refractivity contribution in [2.24, 2.45) is 7.05 Å². The molecule has 1 atom stereocenters. The van der Waals surface area contributed by atoms with Crippen molar-refractivity contribution in [1.29, 1.82) is 0 Å². The molecule has 126 valence electrons. The van der Waals surface area contributed by atoms with Crippen LogP contribution in [0.5, 0.6) is 0 Å². The van der Waals surface area contributed by atoms with Gasteiger partial charge in [-0.05, 0) is 31.2 Å². The first kappa shape index (κ1) is 15.6. The highest BCUT2D eigenvalue weighted by Gasteiger charge is 2.18. The Hall–Kier alpha value is -2.87. The second-order valence-corrected chi connectivity index (χ2v) is 6.88. The van der Waals surface area contributed by atoms with Gasteiger partial charge in [0.05, 0.1) is 22.4 Å². The Morgan fingerprint density at radius 2 is 2.04 bits per heavy atom. The molecule has 0 saturated carbocycles. The van der Waals surface area contributed by atoms with E-state index in [0.29, 0.717) is 28.3 Å². The summed E-state index contributed by atoms with van der Waals surface area (Å²) in [6, 6.07) is 10.9. The average Bonchev–Trinajstić information content (AvgIpc) is 3.25. The second kappa shape index (κ2) is 6.21. The summed E-state index contributed by atoms with van der Waals surface area (Å²) >= 11 is 1.47. The molecule has 0 saturated heterocycles. The zero-order chi connectivity index (χ0) is 17.4. The van der Waals surface area contributed by atoms with Gasteiger partial charge < -0.3 is 14.0 Å². The number of furan rings is 1. The van der Waals surface area contributed by atoms with Gasteiger partial charge in [0, 0.05) is 7.05 Å². The lowest BCUT2D eigenvalue weighted by Crippen LogP contribution is -2.13. The fourth-order valence-corrected chi connectivity index (χ4v) is 3.42. The maximum absolute atomic E-state index is 12.2. The van der Waals surface area contributed by atoms with Gasteiger partial charge in [0.1, 0.15) is 5.82 Å². The van der Waals surface area contributed by atoms with Gasteiger partial charge in [-0.2, -0.15) is 0 Å². The molecule has 0 fully saturated rings. The molecule has 0 aliphatic rings. The molecule has 1 N–H and O–H groups in total. The van der Waals surface area contributed by atoms with Crippen LogP contribution in [0, 0.1) is 0 Å². The molecule has 0 amide bonds. The highest BCUT2D eigenvalue weighted by atomic mass is 32.2. The van der Waals surface area contributed by atoms with Gasteiger partial charge in [-0.3, -0.25) is 4.79 Å². The molecule has 0 bridgehead atoms. The van der Waals surface area contributed by atoms with E-state index in [4.69, 9.17) is 4.42 Å². The van der Waals surface area contributed by atoms with Gasteiger partial charge in [-0.15, -0.1) is 10.2 Å². The Labute approximate surface area is 147 Å². The molecular weight excluding hydrogens is 338 g/mol. The summed E-state index contributed by atoms with van der Waals surface area (Å²) in [5.41, 5.74) is 0.547. The van der Waals surface area contributed by atoms with Crippen molar-refractivity contribution < 1.29 is 4.42 Å². The Morgan fingerprint density at radius 1 is 1.20 bits per heavy atom. The smallest absolute Gasteiger partial charge is 0.258 e. The summed E-state index contributed by atoms with van der Waals surface area (Å²) in [6.45, 7) is 1.97. The van der Waals surface area contributed by atoms with E-state index in [2.05, 4.69) is 20.2 Å². The Balaban J connectivity index is 1.65. The Bertz CT molecular complexity index is 1080. The van der Waals surface area contributed by atoms with Crippen molar-refractivity contribution in [2.45, 2.75) is 17.3 Å². The normalized spacial score (nSPS) is 12.6. The van der Waals surface area contributed by atoms with E-state index < -0.39 is 0 Å². The SMILES string of the molecule is C[C@H](Sc1nnc(-c2ccco2)n1C)c1nc2ccccc2c(=O)[nH]1. The summed E-state index contributed by atoms with van der Waals surface area (Å²) in [5, 5.41) is 9.61. The number of rotatable bonds is 4. The van der Waals surface area contributed by atoms with E-state index >= 15 is 0 Å². The van der Waals surface area contributed by atoms with E-state index in [0.717, 1.165) is 5.16 Å². The quantitative estimate of drug-likeness (QED) is 0.567. The summed E-state index contributed by atoms with van der Waals surface area (Å²) in [4.78, 5) is 19.7. The number of nitrogens with zero attached hydrogens (tertiary/aromatic N) is 4. The summed E-state index contributed by atoms with van der Waals surface area (Å²) in [7, 11) is 1.88. The van der Waals surface area contributed by atoms with Crippen molar-refractivity contribution >= 4 is 22.7 Å². The number of hydrogen-bond acceptors (Lipinski definition) is 6. The molecule has 1 aromatic carbocycles. The molecule has 0 radical (unpaired) electrons. The van der Waals surface area contributed by atoms with Gasteiger partial charge in [-0.25, -0.2) is 4.98 Å². The molecule has 0 aliphatic carbocycles. The molecule has 0 spiro atoms. The predicted octanol–water partition coefficient (Wildman–Crippen LogP) is 3.16. The van der Waals surface area contributed by atoms with Crippen molar-refractivity contribution in [3.63, 3.8) is 0 Å². The number of thioether (sulfide) groups is 1. The van der Waals surface area contributed by atoms with Crippen LogP contribution in [0.1, 0.15) is 18.0 Å². The maximum atomic E-state index is 12.2. The number of para-hydroxylation sites is 1. The molecule has 7 nitrogen and oxygen atoms in total. The average molecular weight is 353 g/mol. The van der Waals surface area contributed by atoms with E-state index in [1.807, 2.05) is 48.9 Å². The molecular formula is C17H15N5O2S. The van der Waals surface area contributed by atoms with Crippen LogP contribution in [0.2, 0.25) is 0 Å². The second-order valence-electron chi connectivity index (χ2n) is 5.57. The number of aromatic nitrogens is 5. The summed E-state index contributed by atoms with van der Waals surface area (Å²) in [5.74, 6) is 1.92. The lowest BCUT2D eigenvalue weighted by molar-refractivity contribution is 0.572. The number of hydrogen-bond donors (Lipinski definition) is 1. The largest absolute Gasteiger partial charge is 0.461 e. The van der Waals surface area contributed by atoms with Crippen LogP contribution in [-0.4, -0.2) is 24.7 Å². The standard InChI is InChI=1S/C17H15N5O2S/c1-10(14-18-12-7-4-3-6-11(12)16(23)19-14)25-17-21-20-15(22(17)2)13-8-5-9-24-13/h3-10H,1-2H3,(H,18,19,23)/t10-/m0/s1. The zero-order valence-corrected chi connectivity index (χ0v) is 14.4. The number of H-pyrrole nitrogens is 1. The van der Waals surface area contributed by atoms with Gasteiger partial charge in [0.2, 0.25) is 0 Å². The summed E-state index contributed by atoms with van der Waals surface area (Å²) < 4.78 is 7.24. The van der Waals surface area contributed by atoms with E-state index in [-0.39, 0.29) is 10.8 Å². The number of fused-ring (bicyclic) bond motifs is 1. The molecule has 8 heteroatoms. The highest BCUT2D eigenvalue weighted by molar-refractivity contribution is 7.99. The molecule has 3 aromatic heterocycles. The number of benzene rings is 1. The highest BCUT2D eigenvalue weighted by Crippen LogP contribution is 2.33. The van der Waals surface area contributed by atoms with Gasteiger partial charge in [0.25, 0.3) is 5.56 Å². The first-order valence-electron chi connectivity index (χ1n) is 7.72. The predicted molar refractivity (Wildman–Crippen MR) is 95.3 cm³/mol. The molecule has 25 heavy (non-hydrogen) atoms. The van der Waals surface area contributed by atoms with Gasteiger partial charge >= 0.3 is 0 Å². The van der Waals surface area contributed by atoms with Crippen molar-refractivity contribution in [3.8, 4) is 11.6 Å². The Morgan fingerprint density at radius 3 is 2.84 bits per heavy atom. The Kier molecular flexibility index (Phi) is 3.89. The molecule has 0 unspecified atom stereocenters. The topological polar surface area (TPSA) is 89.6 Å². The zero-order valence-electron chi connectivity index (χ0n) is 13.6. The van der Waals surface area contributed by atoms with Crippen LogP contribution in [0.3, 0.4) is 0 Å². The van der Waals surface area contributed by atoms with Crippen molar-refractivity contribution in [1.82, 2.24) is 24.7 Å². The van der Waals surface area contributed by atoms with Crippen LogP contribution in [0.4, 0.5) is 0 Å². The van der Waals surface area contributed by atoms with E-state index in [1.54, 1.807) is 12.3 Å². The lowest BCUT2D eigenvalue weighted by Gasteiger charge is -2.10. The monoisotopic (exact) mass is 353 g/mol. The van der Waals surface area contributed by atoms with Crippen LogP contribution >= 0.6 is 11.8 Å². The number of nitrogens with one attached hydrogen (secondary N) is 1. The molecule has 4 aromatic rings. The third-order valence-corrected chi connectivity index (χ3v) is 5.02. The van der Waals surface area contributed by atoms with Crippen LogP contribution in [-0.2, 0) is 7.05 Å². The first-order valence-corrected chi connectivity index (χ1v) is 8.60.